The lowest BCUT2D eigenvalue weighted by molar-refractivity contribution is -0.139. The molecule has 1 saturated heterocycles. The summed E-state index contributed by atoms with van der Waals surface area (Å²) in [4.78, 5) is 47.1. The molecule has 2 aromatic heterocycles. The number of carbonyl (C=O) groups excluding carboxylic acids is 3. The topological polar surface area (TPSA) is 85.2 Å². The van der Waals surface area contributed by atoms with Crippen LogP contribution in [0.25, 0.3) is 10.9 Å². The minimum absolute atomic E-state index is 0.0723. The third-order valence-corrected chi connectivity index (χ3v) is 10.2. The van der Waals surface area contributed by atoms with Crippen LogP contribution in [0, 0.1) is 26.2 Å². The van der Waals surface area contributed by atoms with Gasteiger partial charge < -0.3 is 4.90 Å². The molecule has 3 aliphatic rings. The van der Waals surface area contributed by atoms with Crippen LogP contribution in [-0.4, -0.2) is 55.1 Å². The Morgan fingerprint density at radius 2 is 1.77 bits per heavy atom. The van der Waals surface area contributed by atoms with Crippen LogP contribution in [0.15, 0.2) is 24.3 Å². The Kier molecular flexibility index (Phi) is 7.95. The van der Waals surface area contributed by atoms with Crippen LogP contribution in [-0.2, 0) is 29.0 Å². The molecule has 0 radical (unpaired) electrons. The minimum Gasteiger partial charge on any atom is -0.327 e. The normalized spacial score (nSPS) is 25.5. The highest BCUT2D eigenvalue weighted by molar-refractivity contribution is 6.06. The van der Waals surface area contributed by atoms with Crippen molar-refractivity contribution in [3.8, 4) is 0 Å². The molecule has 9 heteroatoms. The summed E-state index contributed by atoms with van der Waals surface area (Å²) in [6.45, 7) is 7.16. The van der Waals surface area contributed by atoms with E-state index in [0.29, 0.717) is 55.3 Å². The summed E-state index contributed by atoms with van der Waals surface area (Å²) < 4.78 is 31.4. The van der Waals surface area contributed by atoms with E-state index in [0.717, 1.165) is 40.7 Å². The number of halogens is 2. The summed E-state index contributed by atoms with van der Waals surface area (Å²) in [6, 6.07) is 7.04. The molecule has 1 saturated carbocycles. The molecule has 234 valence electrons. The van der Waals surface area contributed by atoms with Crippen molar-refractivity contribution in [2.45, 2.75) is 123 Å². The third kappa shape index (κ3) is 5.82. The van der Waals surface area contributed by atoms with Gasteiger partial charge in [-0.1, -0.05) is 24.1 Å². The molecular weight excluding hydrogens is 562 g/mol. The molecule has 1 amide bonds. The molecule has 4 heterocycles. The Hall–Kier alpha value is -3.49. The van der Waals surface area contributed by atoms with Crippen LogP contribution in [0.5, 0.6) is 0 Å². The lowest BCUT2D eigenvalue weighted by Crippen LogP contribution is -2.45. The lowest BCUT2D eigenvalue weighted by Gasteiger charge is -2.27. The van der Waals surface area contributed by atoms with Crippen molar-refractivity contribution in [3.63, 3.8) is 0 Å². The van der Waals surface area contributed by atoms with E-state index in [1.807, 2.05) is 45.0 Å². The summed E-state index contributed by atoms with van der Waals surface area (Å²) >= 11 is 0. The van der Waals surface area contributed by atoms with Crippen LogP contribution >= 0.6 is 0 Å². The number of carbonyl (C=O) groups is 3. The van der Waals surface area contributed by atoms with E-state index < -0.39 is 12.0 Å². The SMILES string of the molecule is CC(=O)c1nn2c3c(cc(C)cc13)CCCCCC(F)(F)CCC[C@@]13C[C@@H](C(=O)Cc4nc(C)ccc4C)N(C(=O)C2)[C@@H]1C3. The third-order valence-electron chi connectivity index (χ3n) is 10.2. The average Bonchev–Trinajstić information content (AvgIpc) is 3.35. The molecular formula is C35H42F2N4O3. The Morgan fingerprint density at radius 1 is 1.00 bits per heavy atom. The van der Waals surface area contributed by atoms with Crippen LogP contribution in [0.1, 0.15) is 103 Å². The van der Waals surface area contributed by atoms with Gasteiger partial charge in [0.15, 0.2) is 11.6 Å². The molecule has 3 aromatic rings. The Labute approximate surface area is 257 Å². The summed E-state index contributed by atoms with van der Waals surface area (Å²) in [5, 5.41) is 5.36. The minimum atomic E-state index is -2.72. The number of rotatable bonds is 4. The van der Waals surface area contributed by atoms with E-state index in [1.54, 1.807) is 9.58 Å². The van der Waals surface area contributed by atoms with Gasteiger partial charge in [0.1, 0.15) is 12.2 Å². The first-order valence-electron chi connectivity index (χ1n) is 16.0. The number of aryl methyl sites for hydroxylation is 4. The molecule has 7 nitrogen and oxygen atoms in total. The zero-order valence-corrected chi connectivity index (χ0v) is 26.2. The molecule has 6 rings (SSSR count). The van der Waals surface area contributed by atoms with Crippen LogP contribution in [0.3, 0.4) is 0 Å². The highest BCUT2D eigenvalue weighted by Crippen LogP contribution is 2.62. The molecule has 0 unspecified atom stereocenters. The number of ketones is 2. The van der Waals surface area contributed by atoms with Gasteiger partial charge in [-0.15, -0.1) is 0 Å². The Balaban J connectivity index is 1.38. The number of piperidine rings is 1. The van der Waals surface area contributed by atoms with Gasteiger partial charge in [0, 0.05) is 36.9 Å². The second kappa shape index (κ2) is 11.5. The first-order valence-corrected chi connectivity index (χ1v) is 16.0. The van der Waals surface area contributed by atoms with Crippen LogP contribution in [0.4, 0.5) is 8.78 Å². The van der Waals surface area contributed by atoms with Crippen molar-refractivity contribution in [1.82, 2.24) is 19.7 Å². The lowest BCUT2D eigenvalue weighted by atomic mass is 9.89. The highest BCUT2D eigenvalue weighted by Gasteiger charge is 2.66. The number of pyridine rings is 1. The van der Waals surface area contributed by atoms with Crippen molar-refractivity contribution in [2.75, 3.05) is 0 Å². The number of Topliss-reactive ketones (excluding diaryl/α,β-unsaturated/α-hetero) is 2. The number of hydrogen-bond acceptors (Lipinski definition) is 5. The fourth-order valence-electron chi connectivity index (χ4n) is 7.81. The van der Waals surface area contributed by atoms with Gasteiger partial charge in [-0.25, -0.2) is 8.78 Å². The van der Waals surface area contributed by atoms with Gasteiger partial charge in [-0.2, -0.15) is 5.10 Å². The van der Waals surface area contributed by atoms with E-state index in [4.69, 9.17) is 0 Å². The number of alkyl halides is 2. The summed E-state index contributed by atoms with van der Waals surface area (Å²) in [5.74, 6) is -3.20. The summed E-state index contributed by atoms with van der Waals surface area (Å²) in [7, 11) is 0. The Bertz CT molecular complexity index is 1650. The maximum atomic E-state index is 14.9. The average molecular weight is 605 g/mol. The maximum Gasteiger partial charge on any atom is 0.248 e. The van der Waals surface area contributed by atoms with Gasteiger partial charge in [0.2, 0.25) is 11.8 Å². The van der Waals surface area contributed by atoms with Gasteiger partial charge in [-0.05, 0) is 94.4 Å². The number of amides is 1. The van der Waals surface area contributed by atoms with E-state index >= 15 is 0 Å². The predicted octanol–water partition coefficient (Wildman–Crippen LogP) is 6.65. The standard InChI is InChI=1S/C35H42F2N4O3/c1-21-15-25-9-6-5-7-13-35(36,37)14-8-12-34-18-28(29(43)17-27-22(2)10-11-23(3)38-27)41(30(34)19-34)31(44)20-40-33(25)26(16-21)32(39-40)24(4)42/h10-11,15-16,28,30H,5-9,12-14,17-20H2,1-4H3/t28-,30+,34-/m0/s1. The fourth-order valence-corrected chi connectivity index (χ4v) is 7.81. The zero-order chi connectivity index (χ0) is 31.4. The zero-order valence-electron chi connectivity index (χ0n) is 26.2. The van der Waals surface area contributed by atoms with Crippen molar-refractivity contribution < 1.29 is 23.2 Å². The monoisotopic (exact) mass is 604 g/mol. The van der Waals surface area contributed by atoms with Crippen molar-refractivity contribution in [3.05, 3.63) is 58.0 Å². The van der Waals surface area contributed by atoms with E-state index in [1.165, 1.54) is 6.92 Å². The molecule has 2 bridgehead atoms. The molecule has 44 heavy (non-hydrogen) atoms. The molecule has 2 aliphatic heterocycles. The van der Waals surface area contributed by atoms with E-state index in [9.17, 15) is 23.2 Å². The van der Waals surface area contributed by atoms with Gasteiger partial charge in [0.25, 0.3) is 0 Å². The fraction of sp³-hybridized carbons (Fsp3) is 0.571. The van der Waals surface area contributed by atoms with Gasteiger partial charge in [-0.3, -0.25) is 24.0 Å². The molecule has 0 N–H and O–H groups in total. The quantitative estimate of drug-likeness (QED) is 0.311. The van der Waals surface area contributed by atoms with Crippen molar-refractivity contribution in [2.24, 2.45) is 5.41 Å². The number of benzene rings is 1. The number of hydrogen-bond donors (Lipinski definition) is 0. The summed E-state index contributed by atoms with van der Waals surface area (Å²) in [6.07, 6.45) is 4.47. The molecule has 3 atom stereocenters. The van der Waals surface area contributed by atoms with Crippen LogP contribution < -0.4 is 0 Å². The van der Waals surface area contributed by atoms with Crippen molar-refractivity contribution >= 4 is 28.4 Å². The number of nitrogens with zero attached hydrogens (tertiary/aromatic N) is 4. The van der Waals surface area contributed by atoms with Crippen molar-refractivity contribution in [1.29, 1.82) is 0 Å². The molecule has 0 spiro atoms. The van der Waals surface area contributed by atoms with Gasteiger partial charge >= 0.3 is 0 Å². The highest BCUT2D eigenvalue weighted by atomic mass is 19.3. The predicted molar refractivity (Wildman–Crippen MR) is 164 cm³/mol. The second-order valence-corrected chi connectivity index (χ2v) is 13.6. The summed E-state index contributed by atoms with van der Waals surface area (Å²) in [5.41, 5.74) is 5.14. The number of aromatic nitrogens is 3. The smallest absolute Gasteiger partial charge is 0.248 e. The molecule has 1 aromatic carbocycles. The molecule has 2 fully saturated rings. The first kappa shape index (κ1) is 30.5. The van der Waals surface area contributed by atoms with E-state index in [2.05, 4.69) is 10.1 Å². The largest absolute Gasteiger partial charge is 0.327 e. The Morgan fingerprint density at radius 3 is 2.55 bits per heavy atom. The van der Waals surface area contributed by atoms with Gasteiger partial charge in [0.05, 0.1) is 23.7 Å². The molecule has 1 aliphatic carbocycles. The maximum absolute atomic E-state index is 14.9. The second-order valence-electron chi connectivity index (χ2n) is 13.6. The van der Waals surface area contributed by atoms with Crippen LogP contribution in [0.2, 0.25) is 0 Å². The van der Waals surface area contributed by atoms with E-state index in [-0.39, 0.29) is 54.7 Å². The first-order chi connectivity index (χ1) is 20.9.